The van der Waals surface area contributed by atoms with E-state index in [1.54, 1.807) is 0 Å². The molecule has 0 spiro atoms. The third-order valence-corrected chi connectivity index (χ3v) is 4.20. The minimum atomic E-state index is 0.362. The van der Waals surface area contributed by atoms with Crippen molar-refractivity contribution in [1.29, 1.82) is 0 Å². The molecule has 1 aliphatic heterocycles. The van der Waals surface area contributed by atoms with Gasteiger partial charge in [0.2, 0.25) is 0 Å². The molecule has 0 bridgehead atoms. The van der Waals surface area contributed by atoms with Crippen LogP contribution in [0.15, 0.2) is 18.2 Å². The predicted molar refractivity (Wildman–Crippen MR) is 82.7 cm³/mol. The highest BCUT2D eigenvalue weighted by molar-refractivity contribution is 5.58. The fraction of sp³-hybridized carbons (Fsp3) is 0.625. The molecule has 0 saturated carbocycles. The minimum Gasteiger partial charge on any atom is -0.374 e. The molecule has 1 unspecified atom stereocenters. The summed E-state index contributed by atoms with van der Waals surface area (Å²) < 4.78 is 0. The maximum absolute atomic E-state index is 6.03. The van der Waals surface area contributed by atoms with Crippen LogP contribution in [0.4, 0.5) is 5.69 Å². The summed E-state index contributed by atoms with van der Waals surface area (Å²) in [5, 5.41) is 0. The Hall–Kier alpha value is -1.06. The van der Waals surface area contributed by atoms with Gasteiger partial charge in [0.25, 0.3) is 0 Å². The van der Waals surface area contributed by atoms with Crippen molar-refractivity contribution in [3.63, 3.8) is 0 Å². The highest BCUT2D eigenvalue weighted by Crippen LogP contribution is 2.30. The third kappa shape index (κ3) is 2.93. The van der Waals surface area contributed by atoms with Crippen LogP contribution in [0.1, 0.15) is 37.4 Å². The molecule has 106 valence electrons. The van der Waals surface area contributed by atoms with Crippen LogP contribution in [0.5, 0.6) is 0 Å². The molecule has 0 aliphatic carbocycles. The van der Waals surface area contributed by atoms with Crippen LogP contribution in [-0.2, 0) is 6.42 Å². The summed E-state index contributed by atoms with van der Waals surface area (Å²) in [5.74, 6) is 0. The van der Waals surface area contributed by atoms with E-state index in [2.05, 4.69) is 48.9 Å². The Labute approximate surface area is 117 Å². The Morgan fingerprint density at radius 1 is 1.37 bits per heavy atom. The van der Waals surface area contributed by atoms with Crippen LogP contribution in [0.2, 0.25) is 0 Å². The highest BCUT2D eigenvalue weighted by Gasteiger charge is 2.21. The van der Waals surface area contributed by atoms with E-state index in [1.165, 1.54) is 23.2 Å². The fourth-order valence-electron chi connectivity index (χ4n) is 3.11. The number of benzene rings is 1. The zero-order valence-electron chi connectivity index (χ0n) is 12.5. The van der Waals surface area contributed by atoms with Gasteiger partial charge < -0.3 is 10.6 Å². The standard InChI is InChI=1S/C16H27N3/c1-4-9-19(5-2)16(12-17)13-6-7-15-14(11-13)8-10-18(15)3/h6-7,11,16H,4-5,8-10,12,17H2,1-3H3. The molecule has 3 heteroatoms. The van der Waals surface area contributed by atoms with Gasteiger partial charge in [0.15, 0.2) is 0 Å². The van der Waals surface area contributed by atoms with Crippen LogP contribution in [0.3, 0.4) is 0 Å². The Kier molecular flexibility index (Phi) is 4.83. The van der Waals surface area contributed by atoms with Crippen molar-refractivity contribution in [2.24, 2.45) is 5.73 Å². The van der Waals surface area contributed by atoms with Gasteiger partial charge in [-0.1, -0.05) is 26.0 Å². The molecule has 2 N–H and O–H groups in total. The molecule has 1 aliphatic rings. The maximum Gasteiger partial charge on any atom is 0.0470 e. The first kappa shape index (κ1) is 14.4. The first-order valence-electron chi connectivity index (χ1n) is 7.49. The SMILES string of the molecule is CCCN(CC)C(CN)c1ccc2c(c1)CCN2C. The van der Waals surface area contributed by atoms with E-state index in [-0.39, 0.29) is 0 Å². The van der Waals surface area contributed by atoms with Crippen molar-refractivity contribution in [2.75, 3.05) is 38.1 Å². The van der Waals surface area contributed by atoms with Crippen LogP contribution < -0.4 is 10.6 Å². The summed E-state index contributed by atoms with van der Waals surface area (Å²) in [6.07, 6.45) is 2.34. The number of hydrogen-bond acceptors (Lipinski definition) is 3. The molecular weight excluding hydrogens is 234 g/mol. The number of likely N-dealkylation sites (N-methyl/N-ethyl adjacent to an activating group) is 2. The first-order chi connectivity index (χ1) is 9.21. The molecule has 0 aromatic heterocycles. The molecule has 2 rings (SSSR count). The summed E-state index contributed by atoms with van der Waals surface area (Å²) in [7, 11) is 2.17. The molecule has 19 heavy (non-hydrogen) atoms. The second-order valence-corrected chi connectivity index (χ2v) is 5.44. The van der Waals surface area contributed by atoms with Crippen molar-refractivity contribution in [2.45, 2.75) is 32.7 Å². The lowest BCUT2D eigenvalue weighted by atomic mass is 10.0. The predicted octanol–water partition coefficient (Wildman–Crippen LogP) is 2.41. The molecule has 0 fully saturated rings. The van der Waals surface area contributed by atoms with Gasteiger partial charge in [0, 0.05) is 31.9 Å². The van der Waals surface area contributed by atoms with Crippen LogP contribution in [0.25, 0.3) is 0 Å². The monoisotopic (exact) mass is 261 g/mol. The van der Waals surface area contributed by atoms with E-state index in [0.29, 0.717) is 12.6 Å². The van der Waals surface area contributed by atoms with Gasteiger partial charge in [-0.15, -0.1) is 0 Å². The van der Waals surface area contributed by atoms with Crippen LogP contribution in [0, 0.1) is 0 Å². The lowest BCUT2D eigenvalue weighted by Crippen LogP contribution is -2.34. The molecule has 1 heterocycles. The molecular formula is C16H27N3. The number of nitrogens with two attached hydrogens (primary N) is 1. The lowest BCUT2D eigenvalue weighted by molar-refractivity contribution is 0.213. The van der Waals surface area contributed by atoms with Gasteiger partial charge in [-0.3, -0.25) is 4.90 Å². The largest absolute Gasteiger partial charge is 0.374 e. The Morgan fingerprint density at radius 2 is 2.16 bits per heavy atom. The van der Waals surface area contributed by atoms with E-state index in [9.17, 15) is 0 Å². The highest BCUT2D eigenvalue weighted by atomic mass is 15.2. The van der Waals surface area contributed by atoms with Gasteiger partial charge in [0.1, 0.15) is 0 Å². The molecule has 0 saturated heterocycles. The van der Waals surface area contributed by atoms with Crippen molar-refractivity contribution >= 4 is 5.69 Å². The van der Waals surface area contributed by atoms with E-state index in [0.717, 1.165) is 26.1 Å². The lowest BCUT2D eigenvalue weighted by Gasteiger charge is -2.30. The Balaban J connectivity index is 2.24. The zero-order chi connectivity index (χ0) is 13.8. The van der Waals surface area contributed by atoms with E-state index < -0.39 is 0 Å². The topological polar surface area (TPSA) is 32.5 Å². The van der Waals surface area contributed by atoms with Crippen molar-refractivity contribution < 1.29 is 0 Å². The average Bonchev–Trinajstić information content (AvgIpc) is 2.80. The third-order valence-electron chi connectivity index (χ3n) is 4.20. The van der Waals surface area contributed by atoms with Gasteiger partial charge in [-0.2, -0.15) is 0 Å². The van der Waals surface area contributed by atoms with Gasteiger partial charge >= 0.3 is 0 Å². The van der Waals surface area contributed by atoms with Crippen molar-refractivity contribution in [3.8, 4) is 0 Å². The van der Waals surface area contributed by atoms with Crippen LogP contribution >= 0.6 is 0 Å². The Morgan fingerprint density at radius 3 is 2.79 bits per heavy atom. The maximum atomic E-state index is 6.03. The van der Waals surface area contributed by atoms with Crippen LogP contribution in [-0.4, -0.2) is 38.1 Å². The molecule has 1 aromatic carbocycles. The first-order valence-corrected chi connectivity index (χ1v) is 7.49. The summed E-state index contributed by atoms with van der Waals surface area (Å²) in [6, 6.07) is 7.26. The second-order valence-electron chi connectivity index (χ2n) is 5.44. The number of rotatable bonds is 6. The van der Waals surface area contributed by atoms with Gasteiger partial charge in [0.05, 0.1) is 0 Å². The van der Waals surface area contributed by atoms with Crippen molar-refractivity contribution in [3.05, 3.63) is 29.3 Å². The molecule has 0 amide bonds. The number of nitrogens with zero attached hydrogens (tertiary/aromatic N) is 2. The van der Waals surface area contributed by atoms with Crippen molar-refractivity contribution in [1.82, 2.24) is 4.90 Å². The molecule has 1 atom stereocenters. The summed E-state index contributed by atoms with van der Waals surface area (Å²) in [5.41, 5.74) is 10.3. The molecule has 0 radical (unpaired) electrons. The molecule has 3 nitrogen and oxygen atoms in total. The summed E-state index contributed by atoms with van der Waals surface area (Å²) in [6.45, 7) is 8.47. The number of hydrogen-bond donors (Lipinski definition) is 1. The Bertz CT molecular complexity index is 416. The fourth-order valence-corrected chi connectivity index (χ4v) is 3.11. The van der Waals surface area contributed by atoms with E-state index in [4.69, 9.17) is 5.73 Å². The second kappa shape index (κ2) is 6.40. The minimum absolute atomic E-state index is 0.362. The summed E-state index contributed by atoms with van der Waals surface area (Å²) >= 11 is 0. The number of fused-ring (bicyclic) bond motifs is 1. The molecule has 1 aromatic rings. The quantitative estimate of drug-likeness (QED) is 0.853. The number of anilines is 1. The van der Waals surface area contributed by atoms with Gasteiger partial charge in [-0.25, -0.2) is 0 Å². The summed E-state index contributed by atoms with van der Waals surface area (Å²) in [4.78, 5) is 4.82. The van der Waals surface area contributed by atoms with E-state index in [1.807, 2.05) is 0 Å². The zero-order valence-corrected chi connectivity index (χ0v) is 12.5. The van der Waals surface area contributed by atoms with E-state index >= 15 is 0 Å². The smallest absolute Gasteiger partial charge is 0.0470 e. The normalized spacial score (nSPS) is 15.9. The van der Waals surface area contributed by atoms with Gasteiger partial charge in [-0.05, 0) is 43.1 Å². The average molecular weight is 261 g/mol.